The summed E-state index contributed by atoms with van der Waals surface area (Å²) in [6.07, 6.45) is 5.50. The third kappa shape index (κ3) is 4.94. The quantitative estimate of drug-likeness (QED) is 0.715. The van der Waals surface area contributed by atoms with Crippen LogP contribution in [0.5, 0.6) is 0 Å². The molecule has 0 saturated heterocycles. The number of carbonyl (C=O) groups is 1. The van der Waals surface area contributed by atoms with Crippen LogP contribution in [0.2, 0.25) is 0 Å². The summed E-state index contributed by atoms with van der Waals surface area (Å²) in [5, 5.41) is 0. The minimum Gasteiger partial charge on any atom is -0.444 e. The fourth-order valence-electron chi connectivity index (χ4n) is 2.16. The smallest absolute Gasteiger partial charge is 0.412 e. The average Bonchev–Trinajstić information content (AvgIpc) is 2.24. The van der Waals surface area contributed by atoms with E-state index in [4.69, 9.17) is 9.47 Å². The van der Waals surface area contributed by atoms with Crippen LogP contribution in [0.4, 0.5) is 4.79 Å². The van der Waals surface area contributed by atoms with Gasteiger partial charge in [-0.15, -0.1) is 0 Å². The van der Waals surface area contributed by atoms with Gasteiger partial charge in [0.1, 0.15) is 12.3 Å². The van der Waals surface area contributed by atoms with E-state index < -0.39 is 5.60 Å². The van der Waals surface area contributed by atoms with Gasteiger partial charge in [-0.3, -0.25) is 4.90 Å². The molecule has 1 fully saturated rings. The Balaban J connectivity index is 2.60. The Bertz CT molecular complexity index is 242. The lowest BCUT2D eigenvalue weighted by Gasteiger charge is -2.34. The molecule has 17 heavy (non-hydrogen) atoms. The van der Waals surface area contributed by atoms with E-state index in [0.29, 0.717) is 6.73 Å². The van der Waals surface area contributed by atoms with Gasteiger partial charge < -0.3 is 9.47 Å². The number of hydrogen-bond donors (Lipinski definition) is 0. The van der Waals surface area contributed by atoms with Gasteiger partial charge in [0.25, 0.3) is 0 Å². The number of carbonyl (C=O) groups excluding carboxylic acids is 1. The van der Waals surface area contributed by atoms with E-state index >= 15 is 0 Å². The van der Waals surface area contributed by atoms with Crippen LogP contribution in [0.3, 0.4) is 0 Å². The monoisotopic (exact) mass is 243 g/mol. The Kier molecular flexibility index (Phi) is 5.25. The van der Waals surface area contributed by atoms with Gasteiger partial charge >= 0.3 is 6.09 Å². The minimum absolute atomic E-state index is 0.258. The molecule has 0 aromatic heterocycles. The molecule has 0 unspecified atom stereocenters. The zero-order chi connectivity index (χ0) is 12.9. The van der Waals surface area contributed by atoms with Crippen molar-refractivity contribution in [2.45, 2.75) is 64.5 Å². The van der Waals surface area contributed by atoms with E-state index in [1.807, 2.05) is 20.8 Å². The number of rotatable bonds is 3. The van der Waals surface area contributed by atoms with Gasteiger partial charge in [0.2, 0.25) is 0 Å². The SMILES string of the molecule is COCN(C(=O)OC(C)(C)C)C1CCCCC1. The maximum Gasteiger partial charge on any atom is 0.412 e. The summed E-state index contributed by atoms with van der Waals surface area (Å²) in [5.41, 5.74) is -0.447. The first kappa shape index (κ1) is 14.3. The summed E-state index contributed by atoms with van der Waals surface area (Å²) >= 11 is 0. The molecule has 1 amide bonds. The number of amides is 1. The first-order chi connectivity index (χ1) is 7.94. The number of ether oxygens (including phenoxy) is 2. The summed E-state index contributed by atoms with van der Waals surface area (Å²) in [5.74, 6) is 0. The summed E-state index contributed by atoms with van der Waals surface area (Å²) in [4.78, 5) is 13.8. The number of nitrogens with zero attached hydrogens (tertiary/aromatic N) is 1. The molecule has 0 atom stereocenters. The van der Waals surface area contributed by atoms with Crippen LogP contribution in [0, 0.1) is 0 Å². The van der Waals surface area contributed by atoms with E-state index in [1.165, 1.54) is 19.3 Å². The first-order valence-electron chi connectivity index (χ1n) is 6.42. The van der Waals surface area contributed by atoms with Crippen LogP contribution in [-0.2, 0) is 9.47 Å². The Hall–Kier alpha value is -0.770. The second-order valence-electron chi connectivity index (χ2n) is 5.66. The third-order valence-corrected chi connectivity index (χ3v) is 2.91. The van der Waals surface area contributed by atoms with Crippen LogP contribution in [0.25, 0.3) is 0 Å². The normalized spacial score (nSPS) is 17.9. The summed E-state index contributed by atoms with van der Waals surface area (Å²) in [6, 6.07) is 0.276. The van der Waals surface area contributed by atoms with Crippen molar-refractivity contribution >= 4 is 6.09 Å². The van der Waals surface area contributed by atoms with Crippen molar-refractivity contribution in [3.8, 4) is 0 Å². The predicted molar refractivity (Wildman–Crippen MR) is 66.8 cm³/mol. The highest BCUT2D eigenvalue weighted by Gasteiger charge is 2.29. The van der Waals surface area contributed by atoms with Crippen LogP contribution in [-0.4, -0.2) is 36.5 Å². The van der Waals surface area contributed by atoms with E-state index in [1.54, 1.807) is 12.0 Å². The fraction of sp³-hybridized carbons (Fsp3) is 0.923. The van der Waals surface area contributed by atoms with Crippen LogP contribution >= 0.6 is 0 Å². The second-order valence-corrected chi connectivity index (χ2v) is 5.66. The molecule has 0 N–H and O–H groups in total. The van der Waals surface area contributed by atoms with Crippen molar-refractivity contribution in [2.24, 2.45) is 0 Å². The molecule has 1 aliphatic carbocycles. The molecule has 0 heterocycles. The summed E-state index contributed by atoms with van der Waals surface area (Å²) in [7, 11) is 1.61. The predicted octanol–water partition coefficient (Wildman–Crippen LogP) is 3.16. The molecule has 4 nitrogen and oxygen atoms in total. The zero-order valence-corrected chi connectivity index (χ0v) is 11.5. The van der Waals surface area contributed by atoms with Crippen molar-refractivity contribution < 1.29 is 14.3 Å². The zero-order valence-electron chi connectivity index (χ0n) is 11.5. The van der Waals surface area contributed by atoms with Gasteiger partial charge in [0.15, 0.2) is 0 Å². The number of methoxy groups -OCH3 is 1. The van der Waals surface area contributed by atoms with E-state index in [-0.39, 0.29) is 12.1 Å². The van der Waals surface area contributed by atoms with Crippen molar-refractivity contribution in [1.29, 1.82) is 0 Å². The highest BCUT2D eigenvalue weighted by molar-refractivity contribution is 5.68. The number of hydrogen-bond acceptors (Lipinski definition) is 3. The van der Waals surface area contributed by atoms with Gasteiger partial charge in [0, 0.05) is 13.2 Å². The minimum atomic E-state index is -0.447. The van der Waals surface area contributed by atoms with Gasteiger partial charge in [-0.05, 0) is 33.6 Å². The van der Waals surface area contributed by atoms with Gasteiger partial charge in [0.05, 0.1) is 0 Å². The summed E-state index contributed by atoms with van der Waals surface area (Å²) < 4.78 is 10.5. The lowest BCUT2D eigenvalue weighted by atomic mass is 9.95. The van der Waals surface area contributed by atoms with Crippen LogP contribution in [0.15, 0.2) is 0 Å². The van der Waals surface area contributed by atoms with Crippen molar-refractivity contribution in [2.75, 3.05) is 13.8 Å². The van der Waals surface area contributed by atoms with Crippen molar-refractivity contribution in [3.05, 3.63) is 0 Å². The largest absolute Gasteiger partial charge is 0.444 e. The van der Waals surface area contributed by atoms with Crippen molar-refractivity contribution in [3.63, 3.8) is 0 Å². The van der Waals surface area contributed by atoms with Gasteiger partial charge in [-0.1, -0.05) is 19.3 Å². The molecule has 0 bridgehead atoms. The molecule has 0 aromatic carbocycles. The molecule has 4 heteroatoms. The first-order valence-corrected chi connectivity index (χ1v) is 6.42. The molecule has 1 saturated carbocycles. The Morgan fingerprint density at radius 1 is 1.24 bits per heavy atom. The van der Waals surface area contributed by atoms with Crippen LogP contribution < -0.4 is 0 Å². The molecular weight excluding hydrogens is 218 g/mol. The third-order valence-electron chi connectivity index (χ3n) is 2.91. The molecular formula is C13H25NO3. The Labute approximate surface area is 104 Å². The highest BCUT2D eigenvalue weighted by atomic mass is 16.6. The topological polar surface area (TPSA) is 38.8 Å². The molecule has 1 rings (SSSR count). The standard InChI is InChI=1S/C13H25NO3/c1-13(2,3)17-12(15)14(10-16-4)11-8-6-5-7-9-11/h11H,5-10H2,1-4H3. The maximum absolute atomic E-state index is 12.1. The van der Waals surface area contributed by atoms with Gasteiger partial charge in [-0.25, -0.2) is 4.79 Å². The molecule has 0 aliphatic heterocycles. The van der Waals surface area contributed by atoms with E-state index in [9.17, 15) is 4.79 Å². The van der Waals surface area contributed by atoms with E-state index in [0.717, 1.165) is 12.8 Å². The highest BCUT2D eigenvalue weighted by Crippen LogP contribution is 2.24. The van der Waals surface area contributed by atoms with Gasteiger partial charge in [-0.2, -0.15) is 0 Å². The second kappa shape index (κ2) is 6.24. The molecule has 1 aliphatic rings. The Morgan fingerprint density at radius 3 is 2.29 bits per heavy atom. The molecule has 0 spiro atoms. The fourth-order valence-corrected chi connectivity index (χ4v) is 2.16. The average molecular weight is 243 g/mol. The lowest BCUT2D eigenvalue weighted by Crippen LogP contribution is -2.45. The Morgan fingerprint density at radius 2 is 1.82 bits per heavy atom. The lowest BCUT2D eigenvalue weighted by molar-refractivity contribution is -0.0219. The maximum atomic E-state index is 12.1. The molecule has 0 aromatic rings. The van der Waals surface area contributed by atoms with Crippen LogP contribution in [0.1, 0.15) is 52.9 Å². The van der Waals surface area contributed by atoms with Crippen molar-refractivity contribution in [1.82, 2.24) is 4.90 Å². The summed E-state index contributed by atoms with van der Waals surface area (Å²) in [6.45, 7) is 5.98. The molecule has 100 valence electrons. The van der Waals surface area contributed by atoms with E-state index in [2.05, 4.69) is 0 Å². The molecule has 0 radical (unpaired) electrons.